The molecule has 1 aliphatic heterocycles. The highest BCUT2D eigenvalue weighted by molar-refractivity contribution is 5.73. The van der Waals surface area contributed by atoms with Crippen LogP contribution in [0.5, 0.6) is 0 Å². The maximum Gasteiger partial charge on any atom is 0.219 e. The molecule has 2 fully saturated rings. The number of halogens is 1. The van der Waals surface area contributed by atoms with Gasteiger partial charge < -0.3 is 4.90 Å². The number of carbonyl (C=O) groups is 1. The van der Waals surface area contributed by atoms with Crippen molar-refractivity contribution in [1.29, 1.82) is 0 Å². The summed E-state index contributed by atoms with van der Waals surface area (Å²) in [6.07, 6.45) is 0.658. The van der Waals surface area contributed by atoms with Gasteiger partial charge in [0.25, 0.3) is 0 Å². The van der Waals surface area contributed by atoms with Crippen molar-refractivity contribution in [2.45, 2.75) is 32.9 Å². The van der Waals surface area contributed by atoms with E-state index in [4.69, 9.17) is 0 Å². The van der Waals surface area contributed by atoms with Gasteiger partial charge >= 0.3 is 0 Å². The molecular weight excluding hydrogens is 169 g/mol. The van der Waals surface area contributed by atoms with Crippen molar-refractivity contribution in [2.24, 2.45) is 11.3 Å². The lowest BCUT2D eigenvalue weighted by Crippen LogP contribution is -2.29. The first-order chi connectivity index (χ1) is 6.01. The molecule has 13 heavy (non-hydrogen) atoms. The zero-order valence-corrected chi connectivity index (χ0v) is 8.22. The first kappa shape index (κ1) is 8.97. The minimum Gasteiger partial charge on any atom is -0.342 e. The van der Waals surface area contributed by atoms with Crippen molar-refractivity contribution in [3.63, 3.8) is 0 Å². The lowest BCUT2D eigenvalue weighted by molar-refractivity contribution is -0.128. The minimum atomic E-state index is -0.635. The summed E-state index contributed by atoms with van der Waals surface area (Å²) in [5.74, 6) is 0.525. The van der Waals surface area contributed by atoms with E-state index in [-0.39, 0.29) is 11.3 Å². The highest BCUT2D eigenvalue weighted by Gasteiger charge is 2.50. The van der Waals surface area contributed by atoms with Gasteiger partial charge in [0.15, 0.2) is 0 Å². The Labute approximate surface area is 78.1 Å². The third kappa shape index (κ3) is 1.34. The molecule has 0 aromatic heterocycles. The summed E-state index contributed by atoms with van der Waals surface area (Å²) in [4.78, 5) is 13.0. The second-order valence-electron chi connectivity index (χ2n) is 4.79. The van der Waals surface area contributed by atoms with E-state index >= 15 is 0 Å². The molecule has 0 bridgehead atoms. The number of rotatable bonds is 0. The number of fused-ring (bicyclic) bond motifs is 1. The molecular formula is C10H16FNO. The van der Waals surface area contributed by atoms with E-state index < -0.39 is 6.17 Å². The number of nitrogens with zero attached hydrogens (tertiary/aromatic N) is 1. The van der Waals surface area contributed by atoms with Crippen molar-refractivity contribution in [3.05, 3.63) is 0 Å². The fourth-order valence-corrected chi connectivity index (χ4v) is 2.84. The number of likely N-dealkylation sites (tertiary alicyclic amines) is 1. The Bertz CT molecular complexity index is 243. The molecule has 0 N–H and O–H groups in total. The number of hydrogen-bond acceptors (Lipinski definition) is 1. The molecule has 74 valence electrons. The molecule has 0 spiro atoms. The van der Waals surface area contributed by atoms with Crippen molar-refractivity contribution in [2.75, 3.05) is 13.1 Å². The average Bonchev–Trinajstić information content (AvgIpc) is 2.38. The summed E-state index contributed by atoms with van der Waals surface area (Å²) < 4.78 is 13.1. The van der Waals surface area contributed by atoms with Crippen LogP contribution >= 0.6 is 0 Å². The van der Waals surface area contributed by atoms with E-state index in [0.29, 0.717) is 18.8 Å². The largest absolute Gasteiger partial charge is 0.342 e. The predicted octanol–water partition coefficient (Wildman–Crippen LogP) is 1.60. The van der Waals surface area contributed by atoms with Gasteiger partial charge in [0.2, 0.25) is 5.91 Å². The lowest BCUT2D eigenvalue weighted by atomic mass is 9.83. The fraction of sp³-hybridized carbons (Fsp3) is 0.900. The molecule has 3 unspecified atom stereocenters. The molecule has 0 aromatic rings. The van der Waals surface area contributed by atoms with Gasteiger partial charge in [-0.15, -0.1) is 0 Å². The average molecular weight is 185 g/mol. The maximum atomic E-state index is 13.1. The molecule has 1 heterocycles. The van der Waals surface area contributed by atoms with E-state index in [1.54, 1.807) is 6.92 Å². The second-order valence-corrected chi connectivity index (χ2v) is 4.79. The van der Waals surface area contributed by atoms with E-state index in [1.807, 2.05) is 4.90 Å². The van der Waals surface area contributed by atoms with E-state index in [1.165, 1.54) is 0 Å². The predicted molar refractivity (Wildman–Crippen MR) is 48.0 cm³/mol. The normalized spacial score (nSPS) is 43.8. The van der Waals surface area contributed by atoms with Gasteiger partial charge in [0.1, 0.15) is 6.17 Å². The topological polar surface area (TPSA) is 20.3 Å². The van der Waals surface area contributed by atoms with Crippen LogP contribution in [0.4, 0.5) is 4.39 Å². The van der Waals surface area contributed by atoms with Gasteiger partial charge in [-0.2, -0.15) is 0 Å². The SMILES string of the molecule is CC(=O)N1CC2CC(F)CC2(C)C1. The summed E-state index contributed by atoms with van der Waals surface area (Å²) in [5, 5.41) is 0. The van der Waals surface area contributed by atoms with Gasteiger partial charge in [-0.05, 0) is 24.2 Å². The minimum absolute atomic E-state index is 0.0606. The number of alkyl halides is 1. The Hall–Kier alpha value is -0.600. The van der Waals surface area contributed by atoms with E-state index in [0.717, 1.165) is 13.1 Å². The van der Waals surface area contributed by atoms with Crippen LogP contribution in [0.15, 0.2) is 0 Å². The summed E-state index contributed by atoms with van der Waals surface area (Å²) in [5.41, 5.74) is 0.0606. The number of amides is 1. The maximum absolute atomic E-state index is 13.1. The van der Waals surface area contributed by atoms with Crippen LogP contribution in [0, 0.1) is 11.3 Å². The third-order valence-corrected chi connectivity index (χ3v) is 3.65. The Morgan fingerprint density at radius 3 is 2.85 bits per heavy atom. The van der Waals surface area contributed by atoms with E-state index in [2.05, 4.69) is 6.92 Å². The second kappa shape index (κ2) is 2.69. The zero-order chi connectivity index (χ0) is 9.64. The molecule has 1 saturated carbocycles. The molecule has 3 atom stereocenters. The third-order valence-electron chi connectivity index (χ3n) is 3.65. The molecule has 2 aliphatic rings. The standard InChI is InChI=1S/C10H16FNO/c1-7(13)12-5-8-3-9(11)4-10(8,2)6-12/h8-9H,3-6H2,1-2H3. The highest BCUT2D eigenvalue weighted by atomic mass is 19.1. The monoisotopic (exact) mass is 185 g/mol. The van der Waals surface area contributed by atoms with Gasteiger partial charge in [0, 0.05) is 20.0 Å². The van der Waals surface area contributed by atoms with Crippen LogP contribution in [0.1, 0.15) is 26.7 Å². The first-order valence-electron chi connectivity index (χ1n) is 4.91. The Balaban J connectivity index is 2.10. The van der Waals surface area contributed by atoms with Crippen LogP contribution in [-0.4, -0.2) is 30.1 Å². The molecule has 2 rings (SSSR count). The summed E-state index contributed by atoms with van der Waals surface area (Å²) >= 11 is 0. The van der Waals surface area contributed by atoms with Crippen molar-refractivity contribution >= 4 is 5.91 Å². The molecule has 1 saturated heterocycles. The van der Waals surface area contributed by atoms with Gasteiger partial charge in [0.05, 0.1) is 0 Å². The molecule has 3 heteroatoms. The van der Waals surface area contributed by atoms with E-state index in [9.17, 15) is 9.18 Å². The van der Waals surface area contributed by atoms with Crippen LogP contribution in [0.3, 0.4) is 0 Å². The van der Waals surface area contributed by atoms with Gasteiger partial charge in [-0.3, -0.25) is 4.79 Å². The van der Waals surface area contributed by atoms with Crippen LogP contribution in [0.2, 0.25) is 0 Å². The molecule has 0 radical (unpaired) electrons. The Morgan fingerprint density at radius 2 is 2.31 bits per heavy atom. The van der Waals surface area contributed by atoms with Crippen molar-refractivity contribution < 1.29 is 9.18 Å². The number of carbonyl (C=O) groups excluding carboxylic acids is 1. The smallest absolute Gasteiger partial charge is 0.219 e. The van der Waals surface area contributed by atoms with Gasteiger partial charge in [-0.25, -0.2) is 4.39 Å². The zero-order valence-electron chi connectivity index (χ0n) is 8.22. The fourth-order valence-electron chi connectivity index (χ4n) is 2.84. The van der Waals surface area contributed by atoms with Crippen molar-refractivity contribution in [3.8, 4) is 0 Å². The molecule has 1 aliphatic carbocycles. The van der Waals surface area contributed by atoms with Gasteiger partial charge in [-0.1, -0.05) is 6.92 Å². The Morgan fingerprint density at radius 1 is 1.62 bits per heavy atom. The molecule has 0 aromatic carbocycles. The van der Waals surface area contributed by atoms with Crippen LogP contribution in [0.25, 0.3) is 0 Å². The van der Waals surface area contributed by atoms with Crippen molar-refractivity contribution in [1.82, 2.24) is 4.90 Å². The quantitative estimate of drug-likeness (QED) is 0.561. The van der Waals surface area contributed by atoms with Crippen LogP contribution in [-0.2, 0) is 4.79 Å². The summed E-state index contributed by atoms with van der Waals surface area (Å²) in [6, 6.07) is 0. The molecule has 1 amide bonds. The molecule has 2 nitrogen and oxygen atoms in total. The lowest BCUT2D eigenvalue weighted by Gasteiger charge is -2.22. The Kier molecular flexibility index (Phi) is 1.86. The first-order valence-corrected chi connectivity index (χ1v) is 4.91. The highest BCUT2D eigenvalue weighted by Crippen LogP contribution is 2.49. The number of hydrogen-bond donors (Lipinski definition) is 0. The van der Waals surface area contributed by atoms with Crippen LogP contribution < -0.4 is 0 Å². The summed E-state index contributed by atoms with van der Waals surface area (Å²) in [7, 11) is 0. The summed E-state index contributed by atoms with van der Waals surface area (Å²) in [6.45, 7) is 5.23.